The van der Waals surface area contributed by atoms with E-state index in [0.29, 0.717) is 5.16 Å². The Hall–Kier alpha value is -0.356. The van der Waals surface area contributed by atoms with Crippen LogP contribution in [0.1, 0.15) is 41.5 Å². The normalized spacial score (nSPS) is 12.8. The largest absolute Gasteiger partial charge is 0.366 e. The number of carbonyl (C=O) groups excluding carboxylic acids is 1. The summed E-state index contributed by atoms with van der Waals surface area (Å²) >= 11 is 0. The number of primary amides is 1. The molecule has 0 aromatic carbocycles. The molecule has 0 aliphatic carbocycles. The number of hydrogen-bond acceptors (Lipinski definition) is 1. The second kappa shape index (κ2) is 8.18. The van der Waals surface area contributed by atoms with Crippen molar-refractivity contribution in [2.45, 2.75) is 83.0 Å². The van der Waals surface area contributed by atoms with E-state index in [1.54, 1.807) is 0 Å². The van der Waals surface area contributed by atoms with Gasteiger partial charge < -0.3 is 5.73 Å². The molecule has 0 fully saturated rings. The maximum atomic E-state index is 11.9. The second-order valence-electron chi connectivity index (χ2n) is 6.17. The van der Waals surface area contributed by atoms with Gasteiger partial charge in [0.2, 0.25) is 5.91 Å². The summed E-state index contributed by atoms with van der Waals surface area (Å²) in [6.45, 7) is 18.1. The third-order valence-electron chi connectivity index (χ3n) is 6.11. The van der Waals surface area contributed by atoms with E-state index in [9.17, 15) is 4.79 Å². The molecule has 0 saturated carbocycles. The van der Waals surface area contributed by atoms with Gasteiger partial charge in [-0.2, -0.15) is 0 Å². The fourth-order valence-corrected chi connectivity index (χ4v) is 20.3. The molecule has 0 aliphatic rings. The van der Waals surface area contributed by atoms with Crippen LogP contribution in [0.15, 0.2) is 12.2 Å². The molecule has 0 bridgehead atoms. The lowest BCUT2D eigenvalue weighted by Crippen LogP contribution is -2.54. The van der Waals surface area contributed by atoms with E-state index in [4.69, 9.17) is 5.73 Å². The van der Waals surface area contributed by atoms with E-state index < -0.39 is 16.1 Å². The van der Waals surface area contributed by atoms with Gasteiger partial charge in [0.25, 0.3) is 0 Å². The summed E-state index contributed by atoms with van der Waals surface area (Å²) in [5.74, 6) is -0.255. The summed E-state index contributed by atoms with van der Waals surface area (Å²) in [4.78, 5) is 11.9. The van der Waals surface area contributed by atoms with E-state index in [2.05, 4.69) is 48.1 Å². The summed E-state index contributed by atoms with van der Waals surface area (Å²) in [7, 11) is -3.02. The third kappa shape index (κ3) is 3.45. The van der Waals surface area contributed by atoms with Gasteiger partial charge in [0.1, 0.15) is 0 Å². The van der Waals surface area contributed by atoms with Crippen LogP contribution in [0.5, 0.6) is 0 Å². The SMILES string of the molecule is C=C(C(N)=O)C([Si](CC)(CC)CC)[Si](CC)(CC)CC. The van der Waals surface area contributed by atoms with Crippen molar-refractivity contribution in [2.24, 2.45) is 5.73 Å². The molecule has 2 N–H and O–H groups in total. The summed E-state index contributed by atoms with van der Waals surface area (Å²) in [5.41, 5.74) is 6.43. The van der Waals surface area contributed by atoms with Crippen molar-refractivity contribution < 1.29 is 4.79 Å². The van der Waals surface area contributed by atoms with E-state index in [1.807, 2.05) is 0 Å². The highest BCUT2D eigenvalue weighted by Crippen LogP contribution is 2.48. The molecule has 20 heavy (non-hydrogen) atoms. The van der Waals surface area contributed by atoms with Crippen LogP contribution in [0.2, 0.25) is 41.4 Å². The molecule has 0 atom stereocenters. The molecule has 2 nitrogen and oxygen atoms in total. The fourth-order valence-electron chi connectivity index (χ4n) is 4.26. The molecule has 0 rings (SSSR count). The van der Waals surface area contributed by atoms with Crippen molar-refractivity contribution in [2.75, 3.05) is 0 Å². The van der Waals surface area contributed by atoms with Crippen molar-refractivity contribution in [1.82, 2.24) is 0 Å². The van der Waals surface area contributed by atoms with Crippen LogP contribution in [0.3, 0.4) is 0 Å². The predicted octanol–water partition coefficient (Wildman–Crippen LogP) is 4.95. The summed E-state index contributed by atoms with van der Waals surface area (Å²) in [6.07, 6.45) is 0. The molecule has 0 saturated heterocycles. The molecule has 0 unspecified atom stereocenters. The molecular formula is C16H35NOSi2. The Balaban J connectivity index is 6.07. The van der Waals surface area contributed by atoms with E-state index in [1.165, 1.54) is 36.3 Å². The van der Waals surface area contributed by atoms with Crippen molar-refractivity contribution in [3.63, 3.8) is 0 Å². The Morgan fingerprint density at radius 3 is 1.25 bits per heavy atom. The highest BCUT2D eigenvalue weighted by molar-refractivity contribution is 7.00. The molecule has 0 radical (unpaired) electrons. The zero-order chi connectivity index (χ0) is 16.0. The van der Waals surface area contributed by atoms with Crippen LogP contribution in [0, 0.1) is 0 Å². The van der Waals surface area contributed by atoms with Gasteiger partial charge in [0, 0.05) is 5.57 Å². The van der Waals surface area contributed by atoms with Gasteiger partial charge in [-0.1, -0.05) is 84.4 Å². The minimum absolute atomic E-state index is 0.255. The molecule has 0 aromatic heterocycles. The Morgan fingerprint density at radius 1 is 0.850 bits per heavy atom. The van der Waals surface area contributed by atoms with Crippen molar-refractivity contribution in [1.29, 1.82) is 0 Å². The maximum absolute atomic E-state index is 11.9. The molecule has 0 aliphatic heterocycles. The Morgan fingerprint density at radius 2 is 1.10 bits per heavy atom. The van der Waals surface area contributed by atoms with E-state index in [-0.39, 0.29) is 5.91 Å². The number of carbonyl (C=O) groups is 1. The lowest BCUT2D eigenvalue weighted by molar-refractivity contribution is -0.114. The molecular weight excluding hydrogens is 278 g/mol. The van der Waals surface area contributed by atoms with Gasteiger partial charge >= 0.3 is 0 Å². The van der Waals surface area contributed by atoms with Gasteiger partial charge in [-0.25, -0.2) is 0 Å². The highest BCUT2D eigenvalue weighted by Gasteiger charge is 2.50. The molecule has 4 heteroatoms. The standard InChI is InChI=1S/C16H35NOSi2/c1-8-19(9-2,10-3)16(14(7)15(17)18)20(11-4,12-5)13-6/h16H,7-13H2,1-6H3,(H2,17,18). The van der Waals surface area contributed by atoms with Gasteiger partial charge in [0.15, 0.2) is 0 Å². The molecule has 118 valence electrons. The van der Waals surface area contributed by atoms with Crippen molar-refractivity contribution >= 4 is 22.1 Å². The zero-order valence-corrected chi connectivity index (χ0v) is 16.5. The van der Waals surface area contributed by atoms with Crippen LogP contribution in [0.4, 0.5) is 0 Å². The Labute approximate surface area is 128 Å². The third-order valence-corrected chi connectivity index (χ3v) is 21.4. The van der Waals surface area contributed by atoms with Crippen LogP contribution < -0.4 is 5.73 Å². The Kier molecular flexibility index (Phi) is 8.03. The van der Waals surface area contributed by atoms with E-state index >= 15 is 0 Å². The summed E-state index contributed by atoms with van der Waals surface area (Å²) in [5, 5.41) is 0.465. The maximum Gasteiger partial charge on any atom is 0.243 e. The van der Waals surface area contributed by atoms with Crippen LogP contribution in [-0.4, -0.2) is 22.1 Å². The van der Waals surface area contributed by atoms with Gasteiger partial charge in [-0.3, -0.25) is 4.79 Å². The van der Waals surface area contributed by atoms with Gasteiger partial charge in [-0.15, -0.1) is 0 Å². The number of amides is 1. The minimum Gasteiger partial charge on any atom is -0.366 e. The van der Waals surface area contributed by atoms with Gasteiger partial charge in [-0.05, 0) is 5.16 Å². The van der Waals surface area contributed by atoms with Crippen LogP contribution >= 0.6 is 0 Å². The molecule has 0 aromatic rings. The predicted molar refractivity (Wildman–Crippen MR) is 96.5 cm³/mol. The van der Waals surface area contributed by atoms with Crippen LogP contribution in [0.25, 0.3) is 0 Å². The molecule has 1 amide bonds. The monoisotopic (exact) mass is 313 g/mol. The topological polar surface area (TPSA) is 43.1 Å². The van der Waals surface area contributed by atoms with Crippen LogP contribution in [-0.2, 0) is 4.79 Å². The van der Waals surface area contributed by atoms with Crippen molar-refractivity contribution in [3.05, 3.63) is 12.2 Å². The number of hydrogen-bond donors (Lipinski definition) is 1. The van der Waals surface area contributed by atoms with Crippen molar-refractivity contribution in [3.8, 4) is 0 Å². The van der Waals surface area contributed by atoms with Gasteiger partial charge in [0.05, 0.1) is 16.1 Å². The lowest BCUT2D eigenvalue weighted by atomic mass is 10.3. The summed E-state index contributed by atoms with van der Waals surface area (Å²) < 4.78 is 0. The van der Waals surface area contributed by atoms with E-state index in [0.717, 1.165) is 5.57 Å². The smallest absolute Gasteiger partial charge is 0.243 e. The summed E-state index contributed by atoms with van der Waals surface area (Å²) in [6, 6.07) is 7.45. The first-order valence-electron chi connectivity index (χ1n) is 8.33. The Bertz CT molecular complexity index is 297. The first-order chi connectivity index (χ1) is 9.34. The average molecular weight is 314 g/mol. The first kappa shape index (κ1) is 19.6. The highest BCUT2D eigenvalue weighted by atomic mass is 28.4. The zero-order valence-electron chi connectivity index (χ0n) is 14.5. The fraction of sp³-hybridized carbons (Fsp3) is 0.812. The average Bonchev–Trinajstić information content (AvgIpc) is 2.48. The lowest BCUT2D eigenvalue weighted by Gasteiger charge is -2.48. The molecule has 0 heterocycles. The molecule has 0 spiro atoms. The second-order valence-corrected chi connectivity index (χ2v) is 17.6. The minimum atomic E-state index is -1.51. The number of rotatable bonds is 10. The quantitative estimate of drug-likeness (QED) is 0.450. The first-order valence-corrected chi connectivity index (χ1v) is 13.7. The number of nitrogens with two attached hydrogens (primary N) is 1.